The molecule has 0 heterocycles. The average Bonchev–Trinajstić information content (AvgIpc) is 2.70. The first-order valence-corrected chi connectivity index (χ1v) is 12.1. The van der Waals surface area contributed by atoms with Crippen molar-refractivity contribution in [1.82, 2.24) is 0 Å². The molecule has 1 aromatic carbocycles. The minimum absolute atomic E-state index is 0.0986. The standard InChI is InChI=1S/C24H40O2S/c1-2-3-4-5-6-7-8-9-10-11-12-13-14-18-21-26-24(25)22-27-23-19-16-15-17-20-23/h15-17,19-20H,2-14,18,21-22H2,1H3. The quantitative estimate of drug-likeness (QED) is 0.145. The van der Waals surface area contributed by atoms with Crippen molar-refractivity contribution in [3.05, 3.63) is 30.3 Å². The van der Waals surface area contributed by atoms with Gasteiger partial charge in [0.25, 0.3) is 0 Å². The topological polar surface area (TPSA) is 26.3 Å². The van der Waals surface area contributed by atoms with E-state index < -0.39 is 0 Å². The van der Waals surface area contributed by atoms with Gasteiger partial charge in [0.15, 0.2) is 0 Å². The molecule has 0 N–H and O–H groups in total. The average molecular weight is 393 g/mol. The van der Waals surface area contributed by atoms with Crippen molar-refractivity contribution in [1.29, 1.82) is 0 Å². The molecular weight excluding hydrogens is 352 g/mol. The van der Waals surface area contributed by atoms with E-state index in [1.54, 1.807) is 11.8 Å². The summed E-state index contributed by atoms with van der Waals surface area (Å²) in [6, 6.07) is 10.00. The Bertz CT molecular complexity index is 447. The minimum atomic E-state index is -0.0986. The van der Waals surface area contributed by atoms with E-state index in [-0.39, 0.29) is 5.97 Å². The predicted octanol–water partition coefficient (Wildman–Crippen LogP) is 7.80. The second kappa shape index (κ2) is 18.4. The second-order valence-electron chi connectivity index (χ2n) is 7.42. The molecule has 3 heteroatoms. The summed E-state index contributed by atoms with van der Waals surface area (Å²) in [5.41, 5.74) is 0. The van der Waals surface area contributed by atoms with Crippen LogP contribution in [0.2, 0.25) is 0 Å². The van der Waals surface area contributed by atoms with Crippen LogP contribution < -0.4 is 0 Å². The summed E-state index contributed by atoms with van der Waals surface area (Å²) < 4.78 is 5.31. The molecule has 0 atom stereocenters. The smallest absolute Gasteiger partial charge is 0.316 e. The molecule has 1 rings (SSSR count). The van der Waals surface area contributed by atoms with Crippen molar-refractivity contribution < 1.29 is 9.53 Å². The van der Waals surface area contributed by atoms with E-state index in [9.17, 15) is 4.79 Å². The first kappa shape index (κ1) is 24.1. The lowest BCUT2D eigenvalue weighted by atomic mass is 10.0. The van der Waals surface area contributed by atoms with Gasteiger partial charge in [-0.05, 0) is 18.6 Å². The number of ether oxygens (including phenoxy) is 1. The molecule has 0 bridgehead atoms. The van der Waals surface area contributed by atoms with Gasteiger partial charge in [0, 0.05) is 4.90 Å². The van der Waals surface area contributed by atoms with E-state index in [0.717, 1.165) is 11.3 Å². The Morgan fingerprint density at radius 3 is 1.74 bits per heavy atom. The zero-order chi connectivity index (χ0) is 19.4. The van der Waals surface area contributed by atoms with E-state index in [1.165, 1.54) is 83.5 Å². The van der Waals surface area contributed by atoms with Crippen LogP contribution in [0.15, 0.2) is 35.2 Å². The summed E-state index contributed by atoms with van der Waals surface area (Å²) in [5, 5.41) is 0. The van der Waals surface area contributed by atoms with Crippen molar-refractivity contribution >= 4 is 17.7 Å². The van der Waals surface area contributed by atoms with Crippen molar-refractivity contribution in [2.24, 2.45) is 0 Å². The Morgan fingerprint density at radius 1 is 0.741 bits per heavy atom. The molecule has 0 aromatic heterocycles. The van der Waals surface area contributed by atoms with Gasteiger partial charge in [0.1, 0.15) is 0 Å². The number of esters is 1. The van der Waals surface area contributed by atoms with Crippen LogP contribution in [0, 0.1) is 0 Å². The van der Waals surface area contributed by atoms with E-state index in [1.807, 2.05) is 30.3 Å². The molecule has 0 saturated carbocycles. The molecule has 0 amide bonds. The van der Waals surface area contributed by atoms with Gasteiger partial charge in [-0.2, -0.15) is 0 Å². The first-order valence-electron chi connectivity index (χ1n) is 11.2. The van der Waals surface area contributed by atoms with Crippen LogP contribution in [0.5, 0.6) is 0 Å². The van der Waals surface area contributed by atoms with Crippen LogP contribution in [-0.4, -0.2) is 18.3 Å². The molecule has 2 nitrogen and oxygen atoms in total. The maximum atomic E-state index is 11.7. The van der Waals surface area contributed by atoms with Crippen LogP contribution in [0.1, 0.15) is 96.8 Å². The largest absolute Gasteiger partial charge is 0.465 e. The van der Waals surface area contributed by atoms with Gasteiger partial charge in [-0.15, -0.1) is 11.8 Å². The molecule has 0 spiro atoms. The molecular formula is C24H40O2S. The summed E-state index contributed by atoms with van der Waals surface area (Å²) >= 11 is 1.54. The highest BCUT2D eigenvalue weighted by atomic mass is 32.2. The predicted molar refractivity (Wildman–Crippen MR) is 118 cm³/mol. The van der Waals surface area contributed by atoms with Crippen LogP contribution >= 0.6 is 11.8 Å². The molecule has 154 valence electrons. The molecule has 0 aliphatic rings. The van der Waals surface area contributed by atoms with Crippen molar-refractivity contribution in [3.63, 3.8) is 0 Å². The third-order valence-corrected chi connectivity index (χ3v) is 5.85. The zero-order valence-corrected chi connectivity index (χ0v) is 18.2. The Labute approximate surface area is 171 Å². The number of carbonyl (C=O) groups is 1. The summed E-state index contributed by atoms with van der Waals surface area (Å²) in [5.74, 6) is 0.307. The van der Waals surface area contributed by atoms with E-state index in [2.05, 4.69) is 6.92 Å². The van der Waals surface area contributed by atoms with Gasteiger partial charge in [-0.3, -0.25) is 4.79 Å². The molecule has 0 radical (unpaired) electrons. The lowest BCUT2D eigenvalue weighted by Gasteiger charge is -2.05. The lowest BCUT2D eigenvalue weighted by molar-refractivity contribution is -0.140. The molecule has 27 heavy (non-hydrogen) atoms. The number of unbranched alkanes of at least 4 members (excludes halogenated alkanes) is 13. The maximum absolute atomic E-state index is 11.7. The molecule has 0 saturated heterocycles. The number of thioether (sulfide) groups is 1. The fraction of sp³-hybridized carbons (Fsp3) is 0.708. The van der Waals surface area contributed by atoms with Gasteiger partial charge in [0.2, 0.25) is 0 Å². The fourth-order valence-electron chi connectivity index (χ4n) is 3.18. The van der Waals surface area contributed by atoms with Crippen LogP contribution in [0.3, 0.4) is 0 Å². The Balaban J connectivity index is 1.77. The van der Waals surface area contributed by atoms with E-state index >= 15 is 0 Å². The van der Waals surface area contributed by atoms with Crippen molar-refractivity contribution in [2.45, 2.75) is 102 Å². The lowest BCUT2D eigenvalue weighted by Crippen LogP contribution is -2.08. The molecule has 0 aliphatic heterocycles. The minimum Gasteiger partial charge on any atom is -0.465 e. The van der Waals surface area contributed by atoms with Gasteiger partial charge in [0.05, 0.1) is 12.4 Å². The van der Waals surface area contributed by atoms with E-state index in [0.29, 0.717) is 12.4 Å². The number of hydrogen-bond donors (Lipinski definition) is 0. The molecule has 0 fully saturated rings. The SMILES string of the molecule is CCCCCCCCCCCCCCCCOC(=O)CSc1ccccc1. The summed E-state index contributed by atoms with van der Waals surface area (Å²) in [7, 11) is 0. The summed E-state index contributed by atoms with van der Waals surface area (Å²) in [4.78, 5) is 12.8. The van der Waals surface area contributed by atoms with Crippen LogP contribution in [0.25, 0.3) is 0 Å². The third kappa shape index (κ3) is 15.8. The van der Waals surface area contributed by atoms with Gasteiger partial charge in [-0.25, -0.2) is 0 Å². The summed E-state index contributed by atoms with van der Waals surface area (Å²) in [6.45, 7) is 2.85. The monoisotopic (exact) mass is 392 g/mol. The van der Waals surface area contributed by atoms with Crippen molar-refractivity contribution in [2.75, 3.05) is 12.4 Å². The van der Waals surface area contributed by atoms with Gasteiger partial charge >= 0.3 is 5.97 Å². The second-order valence-corrected chi connectivity index (χ2v) is 8.47. The fourth-order valence-corrected chi connectivity index (χ4v) is 3.90. The van der Waals surface area contributed by atoms with Crippen molar-refractivity contribution in [3.8, 4) is 0 Å². The van der Waals surface area contributed by atoms with E-state index in [4.69, 9.17) is 4.74 Å². The maximum Gasteiger partial charge on any atom is 0.316 e. The summed E-state index contributed by atoms with van der Waals surface area (Å²) in [6.07, 6.45) is 18.8. The highest BCUT2D eigenvalue weighted by molar-refractivity contribution is 8.00. The molecule has 0 aliphatic carbocycles. The Morgan fingerprint density at radius 2 is 1.22 bits per heavy atom. The van der Waals surface area contributed by atoms with Gasteiger partial charge in [-0.1, -0.05) is 109 Å². The Hall–Kier alpha value is -0.960. The number of rotatable bonds is 18. The normalized spacial score (nSPS) is 10.9. The highest BCUT2D eigenvalue weighted by Gasteiger charge is 2.03. The molecule has 1 aromatic rings. The van der Waals surface area contributed by atoms with Crippen LogP contribution in [-0.2, 0) is 9.53 Å². The third-order valence-electron chi connectivity index (χ3n) is 4.86. The molecule has 0 unspecified atom stereocenters. The Kier molecular flexibility index (Phi) is 16.4. The number of hydrogen-bond acceptors (Lipinski definition) is 3. The van der Waals surface area contributed by atoms with Gasteiger partial charge < -0.3 is 4.74 Å². The number of benzene rings is 1. The highest BCUT2D eigenvalue weighted by Crippen LogP contribution is 2.17. The number of carbonyl (C=O) groups excluding carboxylic acids is 1. The zero-order valence-electron chi connectivity index (χ0n) is 17.4. The first-order chi connectivity index (χ1) is 13.3. The van der Waals surface area contributed by atoms with Crippen LogP contribution in [0.4, 0.5) is 0 Å².